The number of carbonyl (C=O) groups excluding carboxylic acids is 2. The molecule has 32 heavy (non-hydrogen) atoms. The van der Waals surface area contributed by atoms with Gasteiger partial charge in [-0.15, -0.1) is 0 Å². The first-order valence-corrected chi connectivity index (χ1v) is 9.86. The van der Waals surface area contributed by atoms with E-state index in [1.54, 1.807) is 72.8 Å². The van der Waals surface area contributed by atoms with E-state index in [9.17, 15) is 14.7 Å². The zero-order chi connectivity index (χ0) is 22.7. The summed E-state index contributed by atoms with van der Waals surface area (Å²) in [4.78, 5) is 32.6. The molecule has 0 aliphatic heterocycles. The van der Waals surface area contributed by atoms with Gasteiger partial charge in [0.15, 0.2) is 12.1 Å². The lowest BCUT2D eigenvalue weighted by molar-refractivity contribution is -0.125. The van der Waals surface area contributed by atoms with Gasteiger partial charge in [-0.2, -0.15) is 0 Å². The lowest BCUT2D eigenvalue weighted by Gasteiger charge is -2.24. The van der Waals surface area contributed by atoms with Gasteiger partial charge in [0.25, 0.3) is 11.8 Å². The summed E-state index contributed by atoms with van der Waals surface area (Å²) < 4.78 is 0. The summed E-state index contributed by atoms with van der Waals surface area (Å²) in [6, 6.07) is 19.2. The normalized spacial score (nSPS) is 12.8. The fraction of sp³-hybridized carbons (Fsp3) is 0.0870. The van der Waals surface area contributed by atoms with Crippen molar-refractivity contribution in [3.63, 3.8) is 0 Å². The number of nitrogens with one attached hydrogen (secondary N) is 3. The van der Waals surface area contributed by atoms with Crippen LogP contribution < -0.4 is 22.1 Å². The van der Waals surface area contributed by atoms with Gasteiger partial charge in [-0.05, 0) is 48.0 Å². The summed E-state index contributed by atoms with van der Waals surface area (Å²) in [7, 11) is 0. The molecule has 0 saturated carbocycles. The number of nitrogens with two attached hydrogens (primary N) is 2. The van der Waals surface area contributed by atoms with Crippen LogP contribution >= 0.6 is 0 Å². The number of imidazole rings is 1. The van der Waals surface area contributed by atoms with Crippen LogP contribution in [-0.2, 0) is 4.79 Å². The minimum absolute atomic E-state index is 0.262. The van der Waals surface area contributed by atoms with Crippen molar-refractivity contribution in [1.29, 1.82) is 0 Å². The Morgan fingerprint density at radius 1 is 0.969 bits per heavy atom. The quantitative estimate of drug-likeness (QED) is 0.257. The molecule has 2 atom stereocenters. The van der Waals surface area contributed by atoms with Gasteiger partial charge in [0, 0.05) is 16.9 Å². The summed E-state index contributed by atoms with van der Waals surface area (Å²) in [6.07, 6.45) is -1.56. The molecule has 1 heterocycles. The molecule has 0 radical (unpaired) electrons. The van der Waals surface area contributed by atoms with Crippen molar-refractivity contribution in [2.24, 2.45) is 0 Å². The number of hydrogen-bond donors (Lipinski definition) is 6. The predicted molar refractivity (Wildman–Crippen MR) is 123 cm³/mol. The van der Waals surface area contributed by atoms with Crippen LogP contribution in [0.4, 0.5) is 17.3 Å². The Balaban J connectivity index is 1.55. The fourth-order valence-corrected chi connectivity index (χ4v) is 3.34. The topological polar surface area (TPSA) is 159 Å². The molecule has 8 N–H and O–H groups in total. The number of carbonyl (C=O) groups is 2. The number of rotatable bonds is 6. The lowest BCUT2D eigenvalue weighted by atomic mass is 10.00. The number of fused-ring (bicyclic) bond motifs is 1. The third-order valence-corrected chi connectivity index (χ3v) is 4.97. The molecule has 4 aromatic rings. The van der Waals surface area contributed by atoms with E-state index < -0.39 is 24.0 Å². The van der Waals surface area contributed by atoms with Gasteiger partial charge in [0.05, 0.1) is 17.1 Å². The molecule has 0 spiro atoms. The second kappa shape index (κ2) is 8.78. The molecular formula is C23H22N6O3. The summed E-state index contributed by atoms with van der Waals surface area (Å²) in [5.41, 5.74) is 14.5. The molecule has 0 fully saturated rings. The molecule has 9 heteroatoms. The summed E-state index contributed by atoms with van der Waals surface area (Å²) in [5.74, 6) is -0.860. The van der Waals surface area contributed by atoms with Crippen LogP contribution in [0.5, 0.6) is 0 Å². The van der Waals surface area contributed by atoms with Crippen molar-refractivity contribution in [1.82, 2.24) is 15.3 Å². The molecule has 162 valence electrons. The highest BCUT2D eigenvalue weighted by Crippen LogP contribution is 2.22. The molecule has 4 rings (SSSR count). The minimum atomic E-state index is -1.56. The Bertz CT molecular complexity index is 1250. The van der Waals surface area contributed by atoms with Crippen molar-refractivity contribution >= 4 is 40.2 Å². The number of nitrogens with zero attached hydrogens (tertiary/aromatic N) is 1. The fourth-order valence-electron chi connectivity index (χ4n) is 3.34. The smallest absolute Gasteiger partial charge is 0.255 e. The van der Waals surface area contributed by atoms with Crippen LogP contribution in [0, 0.1) is 0 Å². The highest BCUT2D eigenvalue weighted by Gasteiger charge is 2.29. The highest BCUT2D eigenvalue weighted by atomic mass is 16.3. The number of anilines is 3. The number of aromatic nitrogens is 2. The maximum Gasteiger partial charge on any atom is 0.255 e. The van der Waals surface area contributed by atoms with Gasteiger partial charge in [-0.1, -0.05) is 30.3 Å². The summed E-state index contributed by atoms with van der Waals surface area (Å²) in [6.45, 7) is 0. The second-order valence-corrected chi connectivity index (χ2v) is 7.27. The van der Waals surface area contributed by atoms with Gasteiger partial charge in [0.1, 0.15) is 0 Å². The van der Waals surface area contributed by atoms with Gasteiger partial charge in [0.2, 0.25) is 0 Å². The van der Waals surface area contributed by atoms with E-state index in [-0.39, 0.29) is 5.95 Å². The van der Waals surface area contributed by atoms with E-state index in [0.717, 1.165) is 0 Å². The number of aromatic amines is 1. The molecular weight excluding hydrogens is 408 g/mol. The standard InChI is InChI=1S/C23H22N6O3/c24-15-8-6-14(7-9-15)21(31)29-19(13-4-2-1-3-5-13)20(30)22(32)26-16-10-11-17-18(12-16)28-23(25)27-17/h1-12,19-20,30H,24H2,(H,26,32)(H,29,31)(H3,25,27,28). The highest BCUT2D eigenvalue weighted by molar-refractivity contribution is 5.98. The lowest BCUT2D eigenvalue weighted by Crippen LogP contribution is -2.42. The second-order valence-electron chi connectivity index (χ2n) is 7.27. The third-order valence-electron chi connectivity index (χ3n) is 4.97. The number of aliphatic hydroxyl groups is 1. The molecule has 0 aliphatic carbocycles. The Kier molecular flexibility index (Phi) is 5.73. The molecule has 2 unspecified atom stereocenters. The monoisotopic (exact) mass is 430 g/mol. The van der Waals surface area contributed by atoms with E-state index in [4.69, 9.17) is 11.5 Å². The first-order chi connectivity index (χ1) is 15.4. The molecule has 0 saturated heterocycles. The van der Waals surface area contributed by atoms with Crippen molar-refractivity contribution in [3.05, 3.63) is 83.9 Å². The largest absolute Gasteiger partial charge is 0.399 e. The molecule has 0 bridgehead atoms. The first-order valence-electron chi connectivity index (χ1n) is 9.86. The van der Waals surface area contributed by atoms with Gasteiger partial charge >= 0.3 is 0 Å². The van der Waals surface area contributed by atoms with Crippen LogP contribution in [-0.4, -0.2) is 33.0 Å². The Labute approximate surface area is 183 Å². The van der Waals surface area contributed by atoms with E-state index in [1.807, 2.05) is 0 Å². The Morgan fingerprint density at radius 3 is 2.41 bits per heavy atom. The molecule has 3 aromatic carbocycles. The van der Waals surface area contributed by atoms with Crippen LogP contribution in [0.3, 0.4) is 0 Å². The first kappa shape index (κ1) is 20.9. The van der Waals surface area contributed by atoms with Gasteiger partial charge < -0.3 is 32.2 Å². The van der Waals surface area contributed by atoms with Crippen LogP contribution in [0.15, 0.2) is 72.8 Å². The SMILES string of the molecule is Nc1ccc(C(=O)NC(c2ccccc2)C(O)C(=O)Nc2ccc3nc(N)[nH]c3c2)cc1. The maximum absolute atomic E-state index is 12.9. The Hall–Kier alpha value is -4.37. The number of amides is 2. The number of nitrogen functional groups attached to an aromatic ring is 2. The minimum Gasteiger partial charge on any atom is -0.399 e. The van der Waals surface area contributed by atoms with Gasteiger partial charge in [-0.25, -0.2) is 4.98 Å². The average molecular weight is 430 g/mol. The van der Waals surface area contributed by atoms with E-state index in [0.29, 0.717) is 33.5 Å². The van der Waals surface area contributed by atoms with Gasteiger partial charge in [-0.3, -0.25) is 9.59 Å². The average Bonchev–Trinajstić information content (AvgIpc) is 3.17. The third kappa shape index (κ3) is 4.52. The maximum atomic E-state index is 12.9. The van der Waals surface area contributed by atoms with E-state index >= 15 is 0 Å². The summed E-state index contributed by atoms with van der Waals surface area (Å²) in [5, 5.41) is 16.3. The number of benzene rings is 3. The Morgan fingerprint density at radius 2 is 1.69 bits per heavy atom. The zero-order valence-corrected chi connectivity index (χ0v) is 16.9. The summed E-state index contributed by atoms with van der Waals surface area (Å²) >= 11 is 0. The molecule has 0 aliphatic rings. The predicted octanol–water partition coefficient (Wildman–Crippen LogP) is 2.20. The van der Waals surface area contributed by atoms with Crippen molar-refractivity contribution in [3.8, 4) is 0 Å². The van der Waals surface area contributed by atoms with Crippen molar-refractivity contribution in [2.45, 2.75) is 12.1 Å². The van der Waals surface area contributed by atoms with Crippen molar-refractivity contribution < 1.29 is 14.7 Å². The molecule has 2 amide bonds. The van der Waals surface area contributed by atoms with Crippen LogP contribution in [0.2, 0.25) is 0 Å². The van der Waals surface area contributed by atoms with Crippen molar-refractivity contribution in [2.75, 3.05) is 16.8 Å². The number of hydrogen-bond acceptors (Lipinski definition) is 6. The number of H-pyrrole nitrogens is 1. The van der Waals surface area contributed by atoms with E-state index in [1.165, 1.54) is 0 Å². The van der Waals surface area contributed by atoms with Crippen LogP contribution in [0.1, 0.15) is 22.0 Å². The van der Waals surface area contributed by atoms with Crippen LogP contribution in [0.25, 0.3) is 11.0 Å². The van der Waals surface area contributed by atoms with E-state index in [2.05, 4.69) is 20.6 Å². The number of aliphatic hydroxyl groups excluding tert-OH is 1. The molecule has 1 aromatic heterocycles. The molecule has 9 nitrogen and oxygen atoms in total. The zero-order valence-electron chi connectivity index (χ0n) is 16.9.